The van der Waals surface area contributed by atoms with E-state index in [0.29, 0.717) is 0 Å². The highest BCUT2D eigenvalue weighted by atomic mass is 15.1. The van der Waals surface area contributed by atoms with Gasteiger partial charge in [-0.2, -0.15) is 0 Å². The molecule has 0 bridgehead atoms. The molecule has 182 valence electrons. The van der Waals surface area contributed by atoms with Crippen molar-refractivity contribution in [2.75, 3.05) is 0 Å². The van der Waals surface area contributed by atoms with Gasteiger partial charge in [0.1, 0.15) is 5.82 Å². The van der Waals surface area contributed by atoms with E-state index >= 15 is 0 Å². The molecule has 8 rings (SSSR count). The molecule has 0 unspecified atom stereocenters. The Labute approximate surface area is 226 Å². The lowest BCUT2D eigenvalue weighted by Crippen LogP contribution is -1.97. The van der Waals surface area contributed by atoms with E-state index in [9.17, 15) is 0 Å². The van der Waals surface area contributed by atoms with Crippen LogP contribution in [0.25, 0.3) is 71.6 Å². The number of para-hydroxylation sites is 2. The Balaban J connectivity index is 1.34. The molecule has 7 aromatic carbocycles. The third-order valence-electron chi connectivity index (χ3n) is 7.80. The molecule has 2 nitrogen and oxygen atoms in total. The summed E-state index contributed by atoms with van der Waals surface area (Å²) in [6.45, 7) is 0. The van der Waals surface area contributed by atoms with E-state index in [1.807, 2.05) is 12.1 Å². The van der Waals surface area contributed by atoms with E-state index in [1.165, 1.54) is 43.4 Å². The minimum absolute atomic E-state index is 0.951. The maximum atomic E-state index is 5.01. The van der Waals surface area contributed by atoms with Gasteiger partial charge in [0.15, 0.2) is 0 Å². The van der Waals surface area contributed by atoms with Gasteiger partial charge in [-0.3, -0.25) is 4.57 Å². The normalized spacial score (nSPS) is 11.6. The van der Waals surface area contributed by atoms with E-state index in [4.69, 9.17) is 4.98 Å². The molecule has 0 amide bonds. The molecule has 0 saturated heterocycles. The van der Waals surface area contributed by atoms with Crippen molar-refractivity contribution < 1.29 is 0 Å². The monoisotopic (exact) mass is 496 g/mol. The first-order chi connectivity index (χ1) is 19.3. The highest BCUT2D eigenvalue weighted by Crippen LogP contribution is 2.38. The van der Waals surface area contributed by atoms with Crippen LogP contribution >= 0.6 is 0 Å². The summed E-state index contributed by atoms with van der Waals surface area (Å²) in [6.07, 6.45) is 0. The van der Waals surface area contributed by atoms with Crippen LogP contribution in [-0.2, 0) is 0 Å². The van der Waals surface area contributed by atoms with E-state index in [1.54, 1.807) is 0 Å². The van der Waals surface area contributed by atoms with Crippen LogP contribution in [0.15, 0.2) is 146 Å². The van der Waals surface area contributed by atoms with Gasteiger partial charge in [0, 0.05) is 11.3 Å². The fourth-order valence-corrected chi connectivity index (χ4v) is 5.96. The Morgan fingerprint density at radius 2 is 1.10 bits per heavy atom. The molecule has 0 fully saturated rings. The fraction of sp³-hybridized carbons (Fsp3) is 0. The lowest BCUT2D eigenvalue weighted by atomic mass is 9.91. The second-order valence-corrected chi connectivity index (χ2v) is 10.0. The second-order valence-electron chi connectivity index (χ2n) is 10.0. The summed E-state index contributed by atoms with van der Waals surface area (Å²) in [5.74, 6) is 0.951. The minimum Gasteiger partial charge on any atom is -0.292 e. The Morgan fingerprint density at radius 1 is 0.436 bits per heavy atom. The predicted molar refractivity (Wildman–Crippen MR) is 164 cm³/mol. The van der Waals surface area contributed by atoms with Crippen LogP contribution in [0.4, 0.5) is 0 Å². The third-order valence-corrected chi connectivity index (χ3v) is 7.80. The number of benzene rings is 7. The molecule has 1 aromatic heterocycles. The first kappa shape index (κ1) is 21.8. The van der Waals surface area contributed by atoms with Crippen molar-refractivity contribution >= 4 is 43.4 Å². The Bertz CT molecular complexity index is 2150. The number of imidazole rings is 1. The average Bonchev–Trinajstić information content (AvgIpc) is 3.41. The number of nitrogens with zero attached hydrogens (tertiary/aromatic N) is 2. The molecule has 1 heterocycles. The van der Waals surface area contributed by atoms with Crippen LogP contribution in [0.5, 0.6) is 0 Å². The molecule has 0 atom stereocenters. The van der Waals surface area contributed by atoms with Crippen molar-refractivity contribution in [2.45, 2.75) is 0 Å². The van der Waals surface area contributed by atoms with E-state index in [-0.39, 0.29) is 0 Å². The van der Waals surface area contributed by atoms with E-state index < -0.39 is 0 Å². The smallest absolute Gasteiger partial charge is 0.145 e. The van der Waals surface area contributed by atoms with Crippen LogP contribution < -0.4 is 0 Å². The van der Waals surface area contributed by atoms with Gasteiger partial charge < -0.3 is 0 Å². The van der Waals surface area contributed by atoms with E-state index in [0.717, 1.165) is 28.1 Å². The summed E-state index contributed by atoms with van der Waals surface area (Å²) >= 11 is 0. The summed E-state index contributed by atoms with van der Waals surface area (Å²) in [5.41, 5.74) is 6.75. The Kier molecular flexibility index (Phi) is 4.86. The molecule has 39 heavy (non-hydrogen) atoms. The zero-order valence-electron chi connectivity index (χ0n) is 21.3. The van der Waals surface area contributed by atoms with Crippen LogP contribution in [0.2, 0.25) is 0 Å². The largest absolute Gasteiger partial charge is 0.292 e. The summed E-state index contributed by atoms with van der Waals surface area (Å²) < 4.78 is 2.26. The van der Waals surface area contributed by atoms with Gasteiger partial charge in [-0.05, 0) is 73.8 Å². The SMILES string of the molecule is c1ccc(-c2nc3ccccc3n2-c2ccc(-c3cc4c5ccccc5ccc4c4ccccc34)cc2)cc1. The van der Waals surface area contributed by atoms with Gasteiger partial charge in [0.2, 0.25) is 0 Å². The second kappa shape index (κ2) is 8.68. The maximum absolute atomic E-state index is 5.01. The lowest BCUT2D eigenvalue weighted by molar-refractivity contribution is 1.10. The predicted octanol–water partition coefficient (Wildman–Crippen LogP) is 9.82. The molecule has 0 aliphatic rings. The van der Waals surface area contributed by atoms with Gasteiger partial charge in [-0.1, -0.05) is 115 Å². The minimum atomic E-state index is 0.951. The summed E-state index contributed by atoms with van der Waals surface area (Å²) in [7, 11) is 0. The third kappa shape index (κ3) is 3.46. The lowest BCUT2D eigenvalue weighted by Gasteiger charge is -2.14. The topological polar surface area (TPSA) is 17.8 Å². The van der Waals surface area contributed by atoms with Crippen LogP contribution in [0, 0.1) is 0 Å². The number of hydrogen-bond donors (Lipinski definition) is 0. The molecule has 0 spiro atoms. The Hall–Kier alpha value is -5.21. The average molecular weight is 497 g/mol. The van der Waals surface area contributed by atoms with Crippen molar-refractivity contribution in [2.24, 2.45) is 0 Å². The van der Waals surface area contributed by atoms with Gasteiger partial charge in [0.05, 0.1) is 11.0 Å². The van der Waals surface area contributed by atoms with Gasteiger partial charge in [-0.25, -0.2) is 4.98 Å². The van der Waals surface area contributed by atoms with Crippen molar-refractivity contribution in [1.29, 1.82) is 0 Å². The van der Waals surface area contributed by atoms with Crippen LogP contribution in [0.3, 0.4) is 0 Å². The van der Waals surface area contributed by atoms with Gasteiger partial charge in [0.25, 0.3) is 0 Å². The highest BCUT2D eigenvalue weighted by Gasteiger charge is 2.15. The molecule has 2 heteroatoms. The van der Waals surface area contributed by atoms with Crippen LogP contribution in [0.1, 0.15) is 0 Å². The molecular weight excluding hydrogens is 472 g/mol. The van der Waals surface area contributed by atoms with Crippen molar-refractivity contribution in [3.63, 3.8) is 0 Å². The summed E-state index contributed by atoms with van der Waals surface area (Å²) in [6, 6.07) is 52.0. The van der Waals surface area contributed by atoms with Crippen LogP contribution in [-0.4, -0.2) is 9.55 Å². The quantitative estimate of drug-likeness (QED) is 0.223. The molecule has 0 saturated carbocycles. The first-order valence-electron chi connectivity index (χ1n) is 13.3. The molecule has 8 aromatic rings. The molecule has 0 N–H and O–H groups in total. The zero-order valence-corrected chi connectivity index (χ0v) is 21.3. The maximum Gasteiger partial charge on any atom is 0.145 e. The first-order valence-corrected chi connectivity index (χ1v) is 13.3. The summed E-state index contributed by atoms with van der Waals surface area (Å²) in [5, 5.41) is 7.69. The molecular formula is C37H24N2. The number of rotatable bonds is 3. The molecule has 0 radical (unpaired) electrons. The Morgan fingerprint density at radius 3 is 1.95 bits per heavy atom. The highest BCUT2D eigenvalue weighted by molar-refractivity contribution is 6.20. The number of aromatic nitrogens is 2. The van der Waals surface area contributed by atoms with Crippen molar-refractivity contribution in [3.8, 4) is 28.2 Å². The number of hydrogen-bond acceptors (Lipinski definition) is 1. The standard InChI is InChI=1S/C37H24N2/c1-2-11-27(12-3-1)37-38-35-16-8-9-17-36(35)39(37)28-21-18-26(19-22-28)33-24-34-29-13-5-4-10-25(29)20-23-32(34)30-14-6-7-15-31(30)33/h1-24H. The molecule has 0 aliphatic carbocycles. The van der Waals surface area contributed by atoms with Crippen molar-refractivity contribution in [1.82, 2.24) is 9.55 Å². The van der Waals surface area contributed by atoms with E-state index in [2.05, 4.69) is 138 Å². The van der Waals surface area contributed by atoms with Gasteiger partial charge in [-0.15, -0.1) is 0 Å². The van der Waals surface area contributed by atoms with Crippen molar-refractivity contribution in [3.05, 3.63) is 146 Å². The summed E-state index contributed by atoms with van der Waals surface area (Å²) in [4.78, 5) is 5.01. The molecule has 0 aliphatic heterocycles. The zero-order chi connectivity index (χ0) is 25.8. The fourth-order valence-electron chi connectivity index (χ4n) is 5.96. The number of fused-ring (bicyclic) bond motifs is 6. The van der Waals surface area contributed by atoms with Gasteiger partial charge >= 0.3 is 0 Å².